The fraction of sp³-hybridized carbons (Fsp3) is 0. The minimum absolute atomic E-state index is 0.598. The number of benzene rings is 7. The minimum atomic E-state index is 0.598. The molecular weight excluding hydrogens is 685 g/mol. The zero-order chi connectivity index (χ0) is 37.4. The van der Waals surface area contributed by atoms with Crippen molar-refractivity contribution in [1.82, 2.24) is 15.0 Å². The number of thiophene rings is 1. The molecule has 0 aliphatic rings. The molecule has 0 amide bonds. The Morgan fingerprint density at radius 1 is 0.418 bits per heavy atom. The van der Waals surface area contributed by atoms with Gasteiger partial charge in [-0.15, -0.1) is 27.7 Å². The van der Waals surface area contributed by atoms with Crippen molar-refractivity contribution in [3.8, 4) is 56.4 Å². The molecule has 0 unspecified atom stereocenters. The molecule has 3 heterocycles. The summed E-state index contributed by atoms with van der Waals surface area (Å²) in [4.78, 5) is 15.3. The van der Waals surface area contributed by atoms with Crippen molar-refractivity contribution >= 4 is 120 Å². The second kappa shape index (κ2) is 13.0. The van der Waals surface area contributed by atoms with Gasteiger partial charge in [0.2, 0.25) is 0 Å². The first-order chi connectivity index (χ1) is 26.8. The van der Waals surface area contributed by atoms with E-state index in [2.05, 4.69) is 142 Å². The van der Waals surface area contributed by atoms with E-state index in [1.54, 1.807) is 0 Å². The summed E-state index contributed by atoms with van der Waals surface area (Å²) in [6, 6.07) is 46.7. The van der Waals surface area contributed by atoms with Gasteiger partial charge >= 0.3 is 0 Å². The molecule has 0 saturated heterocycles. The third kappa shape index (κ3) is 5.46. The summed E-state index contributed by atoms with van der Waals surface area (Å²) in [6.45, 7) is 0. The molecular formula is C45H32B5N3OS. The zero-order valence-electron chi connectivity index (χ0n) is 31.4. The highest BCUT2D eigenvalue weighted by Crippen LogP contribution is 2.43. The first-order valence-electron chi connectivity index (χ1n) is 18.7. The summed E-state index contributed by atoms with van der Waals surface area (Å²) in [6.07, 6.45) is 0. The van der Waals surface area contributed by atoms with E-state index in [9.17, 15) is 0 Å². The summed E-state index contributed by atoms with van der Waals surface area (Å²) in [5, 5.41) is 4.70. The molecule has 0 aliphatic heterocycles. The van der Waals surface area contributed by atoms with Gasteiger partial charge in [0.05, 0.1) is 0 Å². The molecule has 0 radical (unpaired) electrons. The predicted molar refractivity (Wildman–Crippen MR) is 248 cm³/mol. The molecule has 0 bridgehead atoms. The number of rotatable bonds is 5. The monoisotopic (exact) mass is 717 g/mol. The third-order valence-electron chi connectivity index (χ3n) is 11.5. The highest BCUT2D eigenvalue weighted by molar-refractivity contribution is 7.26. The van der Waals surface area contributed by atoms with Crippen LogP contribution in [0.3, 0.4) is 0 Å². The molecule has 0 fully saturated rings. The Balaban J connectivity index is 1.12. The molecule has 0 aliphatic carbocycles. The maximum Gasteiger partial charge on any atom is 0.164 e. The summed E-state index contributed by atoms with van der Waals surface area (Å²) in [7, 11) is 11.1. The highest BCUT2D eigenvalue weighted by Gasteiger charge is 2.19. The lowest BCUT2D eigenvalue weighted by Gasteiger charge is -2.20. The molecule has 254 valence electrons. The lowest BCUT2D eigenvalue weighted by atomic mass is 9.59. The Morgan fingerprint density at radius 3 is 1.75 bits per heavy atom. The van der Waals surface area contributed by atoms with Crippen molar-refractivity contribution in [3.63, 3.8) is 0 Å². The van der Waals surface area contributed by atoms with Gasteiger partial charge in [-0.25, -0.2) is 15.0 Å². The minimum Gasteiger partial charge on any atom is -0.455 e. The topological polar surface area (TPSA) is 51.8 Å². The van der Waals surface area contributed by atoms with Crippen molar-refractivity contribution in [2.24, 2.45) is 0 Å². The number of aromatic nitrogens is 3. The molecule has 0 spiro atoms. The number of nitrogens with zero attached hydrogens (tertiary/aromatic N) is 3. The van der Waals surface area contributed by atoms with E-state index in [4.69, 9.17) is 19.4 Å². The Bertz CT molecular complexity index is 3150. The fourth-order valence-corrected chi connectivity index (χ4v) is 9.44. The number of hydrogen-bond donors (Lipinski definition) is 0. The second-order valence-corrected chi connectivity index (χ2v) is 15.6. The summed E-state index contributed by atoms with van der Waals surface area (Å²) < 4.78 is 9.36. The lowest BCUT2D eigenvalue weighted by Crippen LogP contribution is -2.55. The van der Waals surface area contributed by atoms with E-state index in [1.807, 2.05) is 41.7 Å². The SMILES string of the molecule is Bc1c(B)c(B)c(-c2cccc(-c3nc(-c4ccccc4)nc(-c4ccc5c(c4)oc4c(-c6cccc7c6sc6ccccc67)cccc45)n3)c2)c(B)c1B. The molecule has 10 heteroatoms. The van der Waals surface area contributed by atoms with Gasteiger partial charge < -0.3 is 4.42 Å². The number of hydrogen-bond acceptors (Lipinski definition) is 5. The molecule has 10 aromatic rings. The van der Waals surface area contributed by atoms with Crippen molar-refractivity contribution in [2.75, 3.05) is 0 Å². The van der Waals surface area contributed by atoms with E-state index in [1.165, 1.54) is 58.6 Å². The van der Waals surface area contributed by atoms with Gasteiger partial charge in [0.25, 0.3) is 0 Å². The smallest absolute Gasteiger partial charge is 0.164 e. The first kappa shape index (κ1) is 33.5. The lowest BCUT2D eigenvalue weighted by molar-refractivity contribution is 0.670. The van der Waals surface area contributed by atoms with E-state index < -0.39 is 0 Å². The average molecular weight is 717 g/mol. The molecule has 0 atom stereocenters. The van der Waals surface area contributed by atoms with Crippen LogP contribution in [0.15, 0.2) is 138 Å². The molecule has 0 saturated carbocycles. The van der Waals surface area contributed by atoms with Gasteiger partial charge in [-0.05, 0) is 35.4 Å². The third-order valence-corrected chi connectivity index (χ3v) is 12.7. The molecule has 0 N–H and O–H groups in total. The second-order valence-electron chi connectivity index (χ2n) is 14.5. The van der Waals surface area contributed by atoms with Crippen molar-refractivity contribution in [2.45, 2.75) is 0 Å². The zero-order valence-corrected chi connectivity index (χ0v) is 32.2. The van der Waals surface area contributed by atoms with E-state index in [-0.39, 0.29) is 0 Å². The van der Waals surface area contributed by atoms with Crippen LogP contribution in [0.1, 0.15) is 0 Å². The Labute approximate surface area is 327 Å². The molecule has 55 heavy (non-hydrogen) atoms. The van der Waals surface area contributed by atoms with Crippen molar-refractivity contribution < 1.29 is 4.42 Å². The van der Waals surface area contributed by atoms with Crippen LogP contribution in [0.5, 0.6) is 0 Å². The van der Waals surface area contributed by atoms with E-state index in [0.29, 0.717) is 17.5 Å². The van der Waals surface area contributed by atoms with E-state index in [0.717, 1.165) is 49.8 Å². The van der Waals surface area contributed by atoms with Gasteiger partial charge in [0.15, 0.2) is 17.5 Å². The van der Waals surface area contributed by atoms with Crippen LogP contribution >= 0.6 is 11.3 Å². The van der Waals surface area contributed by atoms with Crippen molar-refractivity contribution in [3.05, 3.63) is 133 Å². The van der Waals surface area contributed by atoms with Gasteiger partial charge in [-0.2, -0.15) is 0 Å². The first-order valence-corrected chi connectivity index (χ1v) is 19.5. The number of fused-ring (bicyclic) bond motifs is 6. The Kier molecular flexibility index (Phi) is 7.93. The maximum atomic E-state index is 6.80. The number of furan rings is 1. The molecule has 3 aromatic heterocycles. The van der Waals surface area contributed by atoms with Crippen LogP contribution < -0.4 is 27.3 Å². The predicted octanol–water partition coefficient (Wildman–Crippen LogP) is 3.77. The normalized spacial score (nSPS) is 11.6. The molecule has 10 rings (SSSR count). The van der Waals surface area contributed by atoms with Crippen LogP contribution in [0, 0.1) is 0 Å². The van der Waals surface area contributed by atoms with Gasteiger partial charge in [0, 0.05) is 58.8 Å². The van der Waals surface area contributed by atoms with Gasteiger partial charge in [-0.1, -0.05) is 120 Å². The fourth-order valence-electron chi connectivity index (χ4n) is 8.21. The van der Waals surface area contributed by atoms with E-state index >= 15 is 0 Å². The summed E-state index contributed by atoms with van der Waals surface area (Å²) >= 11 is 1.84. The van der Waals surface area contributed by atoms with Crippen LogP contribution in [0.4, 0.5) is 0 Å². The quantitative estimate of drug-likeness (QED) is 0.255. The van der Waals surface area contributed by atoms with Crippen molar-refractivity contribution in [1.29, 1.82) is 0 Å². The number of para-hydroxylation sites is 1. The molecule has 7 aromatic carbocycles. The van der Waals surface area contributed by atoms with Gasteiger partial charge in [0.1, 0.15) is 50.4 Å². The van der Waals surface area contributed by atoms with Gasteiger partial charge in [-0.3, -0.25) is 0 Å². The largest absolute Gasteiger partial charge is 0.455 e. The van der Waals surface area contributed by atoms with Crippen LogP contribution in [-0.2, 0) is 0 Å². The summed E-state index contributed by atoms with van der Waals surface area (Å²) in [5.74, 6) is 1.86. The Hall–Kier alpha value is -6.11. The maximum absolute atomic E-state index is 6.80. The highest BCUT2D eigenvalue weighted by atomic mass is 32.1. The van der Waals surface area contributed by atoms with Crippen LogP contribution in [-0.4, -0.2) is 54.2 Å². The Morgan fingerprint density at radius 2 is 0.982 bits per heavy atom. The standard InChI is InChI=1S/C45H32B5N3OS/c46-36-35(37(47)39(49)40(50)38(36)48)24-11-6-12-25(21-24)44-51-43(23-9-2-1-3-10-23)52-45(53-44)26-19-20-27-29-14-7-15-30(41(29)54-33(27)22-26)32-17-8-16-31-28-13-4-5-18-34(28)55-42(31)32/h1-22H,46-50H2. The average Bonchev–Trinajstić information content (AvgIpc) is 3.81. The summed E-state index contributed by atoms with van der Waals surface area (Å²) in [5.41, 5.74) is 15.8. The molecule has 4 nitrogen and oxygen atoms in total. The van der Waals surface area contributed by atoms with Crippen LogP contribution in [0.2, 0.25) is 0 Å². The van der Waals surface area contributed by atoms with Crippen LogP contribution in [0.25, 0.3) is 98.5 Å².